The summed E-state index contributed by atoms with van der Waals surface area (Å²) in [6, 6.07) is 19.4. The van der Waals surface area contributed by atoms with Crippen molar-refractivity contribution in [3.63, 3.8) is 0 Å². The number of hydrogen-bond donors (Lipinski definition) is 0. The first-order valence-corrected chi connectivity index (χ1v) is 12.8. The minimum atomic E-state index is -3.88. The molecule has 0 bridgehead atoms. The number of aryl methyl sites for hydroxylation is 1. The Morgan fingerprint density at radius 1 is 0.944 bits per heavy atom. The Hall–Kier alpha value is -4.08. The maximum absolute atomic E-state index is 13.7. The van der Waals surface area contributed by atoms with Crippen LogP contribution in [0.25, 0.3) is 39.2 Å². The molecule has 0 saturated heterocycles. The Morgan fingerprint density at radius 2 is 1.69 bits per heavy atom. The van der Waals surface area contributed by atoms with Gasteiger partial charge in [-0.25, -0.2) is 31.3 Å². The first-order chi connectivity index (χ1) is 17.3. The molecule has 36 heavy (non-hydrogen) atoms. The van der Waals surface area contributed by atoms with Gasteiger partial charge in [0.25, 0.3) is 10.0 Å². The maximum atomic E-state index is 13.7. The first-order valence-electron chi connectivity index (χ1n) is 10.9. The van der Waals surface area contributed by atoms with Crippen LogP contribution in [0, 0.1) is 12.7 Å². The van der Waals surface area contributed by atoms with Crippen LogP contribution in [0.1, 0.15) is 5.56 Å². The van der Waals surface area contributed by atoms with Gasteiger partial charge in [-0.3, -0.25) is 0 Å². The molecule has 0 amide bonds. The third kappa shape index (κ3) is 3.47. The molecule has 0 radical (unpaired) electrons. The van der Waals surface area contributed by atoms with Crippen LogP contribution in [-0.2, 0) is 10.0 Å². The molecule has 4 aromatic heterocycles. The van der Waals surface area contributed by atoms with E-state index in [0.717, 1.165) is 9.54 Å². The lowest BCUT2D eigenvalue weighted by atomic mass is 10.0. The smallest absolute Gasteiger partial charge is 0.237 e. The summed E-state index contributed by atoms with van der Waals surface area (Å²) >= 11 is 6.30. The van der Waals surface area contributed by atoms with Gasteiger partial charge in [0, 0.05) is 28.9 Å². The predicted molar refractivity (Wildman–Crippen MR) is 136 cm³/mol. The average Bonchev–Trinajstić information content (AvgIpc) is 3.48. The van der Waals surface area contributed by atoms with Gasteiger partial charge in [0.1, 0.15) is 16.7 Å². The summed E-state index contributed by atoms with van der Waals surface area (Å²) in [5, 5.41) is 5.35. The van der Waals surface area contributed by atoms with Gasteiger partial charge >= 0.3 is 0 Å². The van der Waals surface area contributed by atoms with E-state index in [1.54, 1.807) is 59.2 Å². The van der Waals surface area contributed by atoms with Gasteiger partial charge in [-0.1, -0.05) is 29.8 Å². The van der Waals surface area contributed by atoms with Crippen molar-refractivity contribution in [2.45, 2.75) is 11.8 Å². The lowest BCUT2D eigenvalue weighted by molar-refractivity contribution is 0.588. The average molecular weight is 518 g/mol. The molecule has 178 valence electrons. The van der Waals surface area contributed by atoms with Crippen LogP contribution < -0.4 is 0 Å². The van der Waals surface area contributed by atoms with E-state index in [0.29, 0.717) is 33.5 Å². The molecule has 4 heterocycles. The topological polar surface area (TPSA) is 82.2 Å². The van der Waals surface area contributed by atoms with Crippen molar-refractivity contribution in [3.05, 3.63) is 102 Å². The maximum Gasteiger partial charge on any atom is 0.269 e. The second-order valence-electron chi connectivity index (χ2n) is 8.23. The van der Waals surface area contributed by atoms with Crippen LogP contribution in [0.5, 0.6) is 0 Å². The Labute approximate surface area is 210 Å². The first kappa shape index (κ1) is 22.4. The van der Waals surface area contributed by atoms with Crippen LogP contribution in [0.3, 0.4) is 0 Å². The highest BCUT2D eigenvalue weighted by Gasteiger charge is 2.24. The van der Waals surface area contributed by atoms with Crippen molar-refractivity contribution in [2.24, 2.45) is 0 Å². The fourth-order valence-electron chi connectivity index (χ4n) is 4.30. The van der Waals surface area contributed by atoms with Crippen LogP contribution in [0.15, 0.2) is 90.1 Å². The number of halogens is 2. The lowest BCUT2D eigenvalue weighted by Crippen LogP contribution is -2.12. The predicted octanol–water partition coefficient (Wildman–Crippen LogP) is 5.75. The number of nitrogens with zero attached hydrogens (tertiary/aromatic N) is 5. The van der Waals surface area contributed by atoms with Crippen molar-refractivity contribution in [2.75, 3.05) is 0 Å². The van der Waals surface area contributed by atoms with E-state index < -0.39 is 10.0 Å². The second-order valence-corrected chi connectivity index (χ2v) is 10.4. The van der Waals surface area contributed by atoms with Crippen molar-refractivity contribution >= 4 is 38.3 Å². The van der Waals surface area contributed by atoms with Crippen molar-refractivity contribution < 1.29 is 12.8 Å². The molecule has 0 aliphatic carbocycles. The highest BCUT2D eigenvalue weighted by molar-refractivity contribution is 7.90. The van der Waals surface area contributed by atoms with Crippen LogP contribution in [-0.4, -0.2) is 32.0 Å². The summed E-state index contributed by atoms with van der Waals surface area (Å²) in [6.45, 7) is 1.87. The van der Waals surface area contributed by atoms with Gasteiger partial charge in [-0.15, -0.1) is 0 Å². The zero-order valence-electron chi connectivity index (χ0n) is 18.8. The van der Waals surface area contributed by atoms with Crippen molar-refractivity contribution in [3.8, 4) is 22.5 Å². The number of pyridine rings is 1. The molecule has 6 rings (SSSR count). The summed E-state index contributed by atoms with van der Waals surface area (Å²) in [5.41, 5.74) is 4.12. The summed E-state index contributed by atoms with van der Waals surface area (Å²) in [4.78, 5) is 9.36. The summed E-state index contributed by atoms with van der Waals surface area (Å²) in [6.07, 6.45) is 3.02. The van der Waals surface area contributed by atoms with Crippen LogP contribution >= 0.6 is 11.6 Å². The highest BCUT2D eigenvalue weighted by Crippen LogP contribution is 2.37. The van der Waals surface area contributed by atoms with Crippen molar-refractivity contribution in [1.82, 2.24) is 23.6 Å². The third-order valence-corrected chi connectivity index (χ3v) is 7.83. The molecule has 10 heteroatoms. The lowest BCUT2D eigenvalue weighted by Gasteiger charge is -2.09. The normalized spacial score (nSPS) is 12.0. The van der Waals surface area contributed by atoms with E-state index >= 15 is 0 Å². The molecule has 0 fully saturated rings. The number of benzene rings is 2. The minimum absolute atomic E-state index is 0.153. The molecule has 0 saturated carbocycles. The Balaban J connectivity index is 1.66. The minimum Gasteiger partial charge on any atom is -0.237 e. The monoisotopic (exact) mass is 517 g/mol. The molecule has 7 nitrogen and oxygen atoms in total. The zero-order valence-corrected chi connectivity index (χ0v) is 20.4. The zero-order chi connectivity index (χ0) is 25.0. The summed E-state index contributed by atoms with van der Waals surface area (Å²) in [7, 11) is -3.88. The SMILES string of the molecule is Cc1cc(Cl)nn2c(-c3ccnc4c3ccn4S(=O)(=O)c3ccccc3)c(-c3ccc(F)cc3)nc12. The quantitative estimate of drug-likeness (QED) is 0.297. The van der Waals surface area contributed by atoms with E-state index in [1.807, 2.05) is 6.92 Å². The Morgan fingerprint density at radius 3 is 2.44 bits per heavy atom. The molecule has 0 spiro atoms. The van der Waals surface area contributed by atoms with E-state index in [9.17, 15) is 12.8 Å². The summed E-state index contributed by atoms with van der Waals surface area (Å²) < 4.78 is 43.2. The number of aromatic nitrogens is 5. The van der Waals surface area contributed by atoms with Crippen LogP contribution in [0.2, 0.25) is 5.15 Å². The van der Waals surface area contributed by atoms with Crippen LogP contribution in [0.4, 0.5) is 4.39 Å². The largest absolute Gasteiger partial charge is 0.269 e. The van der Waals surface area contributed by atoms with Gasteiger partial charge < -0.3 is 0 Å². The van der Waals surface area contributed by atoms with Gasteiger partial charge in [-0.2, -0.15) is 5.10 Å². The van der Waals surface area contributed by atoms with Gasteiger partial charge in [0.05, 0.1) is 10.6 Å². The highest BCUT2D eigenvalue weighted by atomic mass is 35.5. The van der Waals surface area contributed by atoms with Gasteiger partial charge in [0.2, 0.25) is 0 Å². The van der Waals surface area contributed by atoms with E-state index in [-0.39, 0.29) is 21.5 Å². The molecule has 0 unspecified atom stereocenters. The van der Waals surface area contributed by atoms with Crippen molar-refractivity contribution in [1.29, 1.82) is 0 Å². The molecule has 0 aliphatic rings. The summed E-state index contributed by atoms with van der Waals surface area (Å²) in [5.74, 6) is -0.365. The molecule has 6 aromatic rings. The molecular weight excluding hydrogens is 501 g/mol. The molecule has 0 N–H and O–H groups in total. The number of hydrogen-bond acceptors (Lipinski definition) is 5. The number of fused-ring (bicyclic) bond motifs is 2. The fourth-order valence-corrected chi connectivity index (χ4v) is 5.87. The molecule has 0 atom stereocenters. The van der Waals surface area contributed by atoms with E-state index in [2.05, 4.69) is 10.1 Å². The number of imidazole rings is 1. The van der Waals surface area contributed by atoms with Gasteiger partial charge in [-0.05, 0) is 67.1 Å². The standard InChI is InChI=1S/C26H17ClFN5O2S/c1-16-15-22(27)31-33-24(23(30-25(16)33)17-7-9-18(28)10-8-17)20-11-13-29-26-21(20)12-14-32(26)36(34,35)19-5-3-2-4-6-19/h2-15H,1H3. The Kier molecular flexibility index (Phi) is 5.13. The number of rotatable bonds is 4. The molecular formula is C26H17ClFN5O2S. The van der Waals surface area contributed by atoms with E-state index in [1.165, 1.54) is 30.5 Å². The third-order valence-electron chi connectivity index (χ3n) is 5.97. The van der Waals surface area contributed by atoms with E-state index in [4.69, 9.17) is 16.6 Å². The fraction of sp³-hybridized carbons (Fsp3) is 0.0385. The molecule has 0 aliphatic heterocycles. The molecule has 2 aromatic carbocycles. The second kappa shape index (κ2) is 8.25. The van der Waals surface area contributed by atoms with Gasteiger partial charge in [0.15, 0.2) is 11.3 Å². The Bertz CT molecular complexity index is 1880.